The van der Waals surface area contributed by atoms with E-state index in [0.29, 0.717) is 18.8 Å². The first-order chi connectivity index (χ1) is 8.86. The summed E-state index contributed by atoms with van der Waals surface area (Å²) in [6, 6.07) is 1.44. The molecular formula is C14H22N2O3. The van der Waals surface area contributed by atoms with Crippen LogP contribution in [0.3, 0.4) is 0 Å². The van der Waals surface area contributed by atoms with Gasteiger partial charge in [-0.2, -0.15) is 0 Å². The maximum absolute atomic E-state index is 12.3. The third-order valence-electron chi connectivity index (χ3n) is 2.90. The molecule has 1 atom stereocenters. The number of nitrogens with zero attached hydrogens (tertiary/aromatic N) is 1. The van der Waals surface area contributed by atoms with E-state index >= 15 is 0 Å². The van der Waals surface area contributed by atoms with E-state index in [1.54, 1.807) is 20.9 Å². The third-order valence-corrected chi connectivity index (χ3v) is 2.90. The Hall–Kier alpha value is -1.62. The smallest absolute Gasteiger partial charge is 0.259 e. The van der Waals surface area contributed by atoms with Gasteiger partial charge in [0.1, 0.15) is 5.56 Å². The number of nitrogens with one attached hydrogen (secondary N) is 1. The Morgan fingerprint density at radius 3 is 2.63 bits per heavy atom. The van der Waals surface area contributed by atoms with Crippen molar-refractivity contribution in [3.05, 3.63) is 33.2 Å². The highest BCUT2D eigenvalue weighted by Crippen LogP contribution is 2.06. The molecule has 0 aliphatic carbocycles. The van der Waals surface area contributed by atoms with Gasteiger partial charge in [-0.15, -0.1) is 0 Å². The average molecular weight is 266 g/mol. The summed E-state index contributed by atoms with van der Waals surface area (Å²) >= 11 is 0. The van der Waals surface area contributed by atoms with Crippen molar-refractivity contribution in [3.8, 4) is 0 Å². The maximum atomic E-state index is 12.3. The molecule has 0 fully saturated rings. The van der Waals surface area contributed by atoms with E-state index in [1.807, 2.05) is 13.8 Å². The van der Waals surface area contributed by atoms with Crippen molar-refractivity contribution < 1.29 is 9.53 Å². The number of hydrogen-bond acceptors (Lipinski definition) is 3. The van der Waals surface area contributed by atoms with Gasteiger partial charge in [-0.25, -0.2) is 0 Å². The molecule has 106 valence electrons. The standard InChI is InChI=1S/C14H22N2O3/c1-6-19-10(3)8-16(5)14(18)13-11(4)15-9(2)7-12(13)17/h7,10H,6,8H2,1-5H3,(H,15,17). The van der Waals surface area contributed by atoms with Gasteiger partial charge in [0.2, 0.25) is 0 Å². The van der Waals surface area contributed by atoms with Crippen LogP contribution in [0.4, 0.5) is 0 Å². The lowest BCUT2D eigenvalue weighted by atomic mass is 10.1. The summed E-state index contributed by atoms with van der Waals surface area (Å²) in [5.41, 5.74) is 1.32. The highest BCUT2D eigenvalue weighted by Gasteiger charge is 2.19. The lowest BCUT2D eigenvalue weighted by Crippen LogP contribution is -2.37. The fourth-order valence-electron chi connectivity index (χ4n) is 2.11. The first-order valence-electron chi connectivity index (χ1n) is 6.44. The van der Waals surface area contributed by atoms with E-state index in [2.05, 4.69) is 4.98 Å². The van der Waals surface area contributed by atoms with Gasteiger partial charge in [0.15, 0.2) is 5.43 Å². The number of aromatic nitrogens is 1. The quantitative estimate of drug-likeness (QED) is 0.878. The van der Waals surface area contributed by atoms with Crippen molar-refractivity contribution in [1.82, 2.24) is 9.88 Å². The van der Waals surface area contributed by atoms with E-state index < -0.39 is 0 Å². The number of likely N-dealkylation sites (N-methyl/N-ethyl adjacent to an activating group) is 1. The Labute approximate surface area is 113 Å². The van der Waals surface area contributed by atoms with Gasteiger partial charge >= 0.3 is 0 Å². The van der Waals surface area contributed by atoms with Gasteiger partial charge in [-0.3, -0.25) is 9.59 Å². The van der Waals surface area contributed by atoms with Crippen LogP contribution in [0.2, 0.25) is 0 Å². The second kappa shape index (κ2) is 6.52. The molecule has 0 aliphatic rings. The van der Waals surface area contributed by atoms with Gasteiger partial charge in [0.05, 0.1) is 6.10 Å². The van der Waals surface area contributed by atoms with Crippen LogP contribution in [0.1, 0.15) is 35.6 Å². The SMILES string of the molecule is CCOC(C)CN(C)C(=O)c1c(C)[nH]c(C)cc1=O. The molecule has 0 saturated carbocycles. The number of carbonyl (C=O) groups is 1. The first-order valence-corrected chi connectivity index (χ1v) is 6.44. The Morgan fingerprint density at radius 1 is 1.47 bits per heavy atom. The number of carbonyl (C=O) groups excluding carboxylic acids is 1. The summed E-state index contributed by atoms with van der Waals surface area (Å²) in [6.07, 6.45) is -0.0520. The van der Waals surface area contributed by atoms with Crippen molar-refractivity contribution in [2.24, 2.45) is 0 Å². The lowest BCUT2D eigenvalue weighted by Gasteiger charge is -2.22. The van der Waals surface area contributed by atoms with Crippen molar-refractivity contribution in [2.45, 2.75) is 33.8 Å². The molecule has 0 aromatic carbocycles. The van der Waals surface area contributed by atoms with Crippen LogP contribution >= 0.6 is 0 Å². The summed E-state index contributed by atoms with van der Waals surface area (Å²) in [6.45, 7) is 8.41. The Kier molecular flexibility index (Phi) is 5.30. The van der Waals surface area contributed by atoms with Gasteiger partial charge in [0.25, 0.3) is 5.91 Å². The number of hydrogen-bond donors (Lipinski definition) is 1. The minimum Gasteiger partial charge on any atom is -0.377 e. The van der Waals surface area contributed by atoms with Crippen LogP contribution in [0.25, 0.3) is 0 Å². The predicted octanol–water partition coefficient (Wildman–Crippen LogP) is 1.49. The zero-order valence-corrected chi connectivity index (χ0v) is 12.2. The number of amides is 1. The van der Waals surface area contributed by atoms with Crippen LogP contribution in [0.5, 0.6) is 0 Å². The van der Waals surface area contributed by atoms with E-state index in [1.165, 1.54) is 11.0 Å². The number of pyridine rings is 1. The molecule has 0 saturated heterocycles. The molecule has 5 nitrogen and oxygen atoms in total. The van der Waals surface area contributed by atoms with Gasteiger partial charge in [-0.1, -0.05) is 0 Å². The number of rotatable bonds is 5. The highest BCUT2D eigenvalue weighted by molar-refractivity contribution is 5.95. The van der Waals surface area contributed by atoms with Gasteiger partial charge < -0.3 is 14.6 Å². The molecule has 1 rings (SSSR count). The van der Waals surface area contributed by atoms with Crippen LogP contribution < -0.4 is 5.43 Å². The Bertz CT molecular complexity index is 508. The Balaban J connectivity index is 2.92. The molecular weight excluding hydrogens is 244 g/mol. The Morgan fingerprint density at radius 2 is 2.11 bits per heavy atom. The van der Waals surface area contributed by atoms with E-state index in [4.69, 9.17) is 4.74 Å². The van der Waals surface area contributed by atoms with Crippen LogP contribution in [-0.4, -0.2) is 42.1 Å². The van der Waals surface area contributed by atoms with Crippen molar-refractivity contribution >= 4 is 5.91 Å². The van der Waals surface area contributed by atoms with Gasteiger partial charge in [-0.05, 0) is 27.7 Å². The monoisotopic (exact) mass is 266 g/mol. The summed E-state index contributed by atoms with van der Waals surface area (Å²) in [5.74, 6) is -0.273. The number of H-pyrrole nitrogens is 1. The summed E-state index contributed by atoms with van der Waals surface area (Å²) in [7, 11) is 1.68. The van der Waals surface area contributed by atoms with Gasteiger partial charge in [0, 0.05) is 37.7 Å². The molecule has 0 spiro atoms. The fourth-order valence-corrected chi connectivity index (χ4v) is 2.11. The molecule has 1 aromatic heterocycles. The summed E-state index contributed by atoms with van der Waals surface area (Å²) in [4.78, 5) is 28.7. The van der Waals surface area contributed by atoms with E-state index in [-0.39, 0.29) is 23.0 Å². The number of ether oxygens (including phenoxy) is 1. The zero-order chi connectivity index (χ0) is 14.6. The van der Waals surface area contributed by atoms with Crippen molar-refractivity contribution in [2.75, 3.05) is 20.2 Å². The summed E-state index contributed by atoms with van der Waals surface area (Å²) < 4.78 is 5.40. The molecule has 1 N–H and O–H groups in total. The highest BCUT2D eigenvalue weighted by atomic mass is 16.5. The van der Waals surface area contributed by atoms with E-state index in [0.717, 1.165) is 5.69 Å². The largest absolute Gasteiger partial charge is 0.377 e. The van der Waals surface area contributed by atoms with Crippen molar-refractivity contribution in [1.29, 1.82) is 0 Å². The van der Waals surface area contributed by atoms with Crippen LogP contribution in [-0.2, 0) is 4.74 Å². The normalized spacial score (nSPS) is 12.3. The van der Waals surface area contributed by atoms with Crippen molar-refractivity contribution in [3.63, 3.8) is 0 Å². The molecule has 1 unspecified atom stereocenters. The van der Waals surface area contributed by atoms with Crippen LogP contribution in [0, 0.1) is 13.8 Å². The molecule has 1 heterocycles. The second-order valence-electron chi connectivity index (χ2n) is 4.77. The minimum absolute atomic E-state index is 0.0520. The number of aromatic amines is 1. The molecule has 0 bridgehead atoms. The molecule has 5 heteroatoms. The predicted molar refractivity (Wildman–Crippen MR) is 74.6 cm³/mol. The third kappa shape index (κ3) is 3.92. The fraction of sp³-hybridized carbons (Fsp3) is 0.571. The molecule has 0 radical (unpaired) electrons. The molecule has 1 aromatic rings. The van der Waals surface area contributed by atoms with Crippen LogP contribution in [0.15, 0.2) is 10.9 Å². The zero-order valence-electron chi connectivity index (χ0n) is 12.2. The number of aryl methyl sites for hydroxylation is 2. The molecule has 0 aliphatic heterocycles. The first kappa shape index (κ1) is 15.4. The minimum atomic E-state index is -0.273. The molecule has 1 amide bonds. The second-order valence-corrected chi connectivity index (χ2v) is 4.77. The average Bonchev–Trinajstić information content (AvgIpc) is 2.27. The summed E-state index contributed by atoms with van der Waals surface area (Å²) in [5, 5.41) is 0. The topological polar surface area (TPSA) is 62.4 Å². The molecule has 19 heavy (non-hydrogen) atoms. The van der Waals surface area contributed by atoms with E-state index in [9.17, 15) is 9.59 Å². The lowest BCUT2D eigenvalue weighted by molar-refractivity contribution is 0.0435. The maximum Gasteiger partial charge on any atom is 0.259 e.